The van der Waals surface area contributed by atoms with E-state index in [4.69, 9.17) is 0 Å². The van der Waals surface area contributed by atoms with Gasteiger partial charge in [-0.1, -0.05) is 26.7 Å². The van der Waals surface area contributed by atoms with Gasteiger partial charge >= 0.3 is 0 Å². The molecule has 17 heavy (non-hydrogen) atoms. The zero-order valence-electron chi connectivity index (χ0n) is 11.6. The van der Waals surface area contributed by atoms with Crippen molar-refractivity contribution in [3.63, 3.8) is 0 Å². The number of fused-ring (bicyclic) bond motifs is 1. The van der Waals surface area contributed by atoms with Gasteiger partial charge in [0.15, 0.2) is 0 Å². The first-order valence-corrected chi connectivity index (χ1v) is 7.59. The van der Waals surface area contributed by atoms with E-state index < -0.39 is 0 Å². The van der Waals surface area contributed by atoms with Crippen molar-refractivity contribution < 1.29 is 5.11 Å². The number of aliphatic hydroxyl groups is 1. The van der Waals surface area contributed by atoms with Crippen LogP contribution in [0.15, 0.2) is 0 Å². The van der Waals surface area contributed by atoms with Gasteiger partial charge in [0.1, 0.15) is 0 Å². The fourth-order valence-electron chi connectivity index (χ4n) is 3.88. The molecule has 0 aromatic heterocycles. The van der Waals surface area contributed by atoms with Crippen molar-refractivity contribution in [2.75, 3.05) is 19.7 Å². The van der Waals surface area contributed by atoms with E-state index in [2.05, 4.69) is 18.7 Å². The minimum atomic E-state index is 0.159. The Balaban J connectivity index is 1.98. The smallest absolute Gasteiger partial charge is 0.0499 e. The summed E-state index contributed by atoms with van der Waals surface area (Å²) in [5.41, 5.74) is 0.159. The van der Waals surface area contributed by atoms with Crippen LogP contribution < -0.4 is 0 Å². The first-order chi connectivity index (χ1) is 8.24. The molecule has 0 aromatic carbocycles. The molecule has 1 N–H and O–H groups in total. The summed E-state index contributed by atoms with van der Waals surface area (Å²) < 4.78 is 0. The first kappa shape index (κ1) is 13.4. The number of aliphatic hydroxyl groups excluding tert-OH is 1. The highest BCUT2D eigenvalue weighted by atomic mass is 16.3. The van der Waals surface area contributed by atoms with Crippen LogP contribution in [0, 0.1) is 11.3 Å². The molecule has 1 aliphatic heterocycles. The number of nitrogens with zero attached hydrogens (tertiary/aromatic N) is 1. The molecule has 2 fully saturated rings. The number of likely N-dealkylation sites (tertiary alicyclic amines) is 1. The van der Waals surface area contributed by atoms with Gasteiger partial charge in [-0.05, 0) is 44.6 Å². The first-order valence-electron chi connectivity index (χ1n) is 7.59. The normalized spacial score (nSPS) is 30.5. The molecule has 1 aliphatic carbocycles. The average molecular weight is 239 g/mol. The van der Waals surface area contributed by atoms with E-state index in [0.717, 1.165) is 31.3 Å². The molecule has 2 heteroatoms. The highest BCUT2D eigenvalue weighted by Crippen LogP contribution is 2.39. The summed E-state index contributed by atoms with van der Waals surface area (Å²) in [7, 11) is 0. The minimum Gasteiger partial charge on any atom is -0.396 e. The van der Waals surface area contributed by atoms with Gasteiger partial charge in [-0.2, -0.15) is 0 Å². The van der Waals surface area contributed by atoms with Crippen molar-refractivity contribution in [1.82, 2.24) is 4.90 Å². The van der Waals surface area contributed by atoms with Crippen LogP contribution in [0.3, 0.4) is 0 Å². The third-order valence-electron chi connectivity index (χ3n) is 5.50. The summed E-state index contributed by atoms with van der Waals surface area (Å²) in [6.07, 6.45) is 9.33. The maximum Gasteiger partial charge on any atom is 0.0499 e. The molecule has 2 rings (SSSR count). The van der Waals surface area contributed by atoms with Crippen molar-refractivity contribution >= 4 is 0 Å². The molecule has 0 spiro atoms. The van der Waals surface area contributed by atoms with Crippen molar-refractivity contribution in [1.29, 1.82) is 0 Å². The number of hydrogen-bond donors (Lipinski definition) is 1. The molecule has 0 radical (unpaired) electrons. The van der Waals surface area contributed by atoms with E-state index in [-0.39, 0.29) is 5.41 Å². The van der Waals surface area contributed by atoms with Gasteiger partial charge in [-0.3, -0.25) is 4.90 Å². The topological polar surface area (TPSA) is 23.5 Å². The molecular weight excluding hydrogens is 210 g/mol. The van der Waals surface area contributed by atoms with Gasteiger partial charge in [0.05, 0.1) is 0 Å². The van der Waals surface area contributed by atoms with E-state index in [1.165, 1.54) is 38.6 Å². The second-order valence-electron chi connectivity index (χ2n) is 6.24. The van der Waals surface area contributed by atoms with Crippen LogP contribution in [0.25, 0.3) is 0 Å². The SMILES string of the molecule is CCC(CC)(CO)CN1CCC2CCCCC21. The Morgan fingerprint density at radius 1 is 1.12 bits per heavy atom. The summed E-state index contributed by atoms with van der Waals surface area (Å²) in [6.45, 7) is 7.21. The third-order valence-corrected chi connectivity index (χ3v) is 5.50. The Morgan fingerprint density at radius 2 is 1.82 bits per heavy atom. The van der Waals surface area contributed by atoms with E-state index >= 15 is 0 Å². The summed E-state index contributed by atoms with van der Waals surface area (Å²) in [5.74, 6) is 0.967. The van der Waals surface area contributed by atoms with E-state index in [9.17, 15) is 5.11 Å². The second kappa shape index (κ2) is 5.71. The van der Waals surface area contributed by atoms with Gasteiger partial charge in [0.25, 0.3) is 0 Å². The van der Waals surface area contributed by atoms with E-state index in [1.807, 2.05) is 0 Å². The van der Waals surface area contributed by atoms with Crippen LogP contribution in [0.1, 0.15) is 58.8 Å². The maximum atomic E-state index is 9.71. The van der Waals surface area contributed by atoms with Gasteiger partial charge in [0.2, 0.25) is 0 Å². The lowest BCUT2D eigenvalue weighted by atomic mass is 9.81. The molecule has 2 nitrogen and oxygen atoms in total. The molecule has 2 unspecified atom stereocenters. The summed E-state index contributed by atoms with van der Waals surface area (Å²) >= 11 is 0. The largest absolute Gasteiger partial charge is 0.396 e. The Kier molecular flexibility index (Phi) is 4.48. The lowest BCUT2D eigenvalue weighted by molar-refractivity contribution is 0.0502. The molecule has 1 saturated carbocycles. The average Bonchev–Trinajstić information content (AvgIpc) is 2.79. The predicted molar refractivity (Wildman–Crippen MR) is 72.0 cm³/mol. The molecule has 100 valence electrons. The molecule has 0 amide bonds. The number of rotatable bonds is 5. The van der Waals surface area contributed by atoms with Crippen molar-refractivity contribution in [3.8, 4) is 0 Å². The molecule has 1 heterocycles. The molecule has 1 saturated heterocycles. The molecule has 2 atom stereocenters. The van der Waals surface area contributed by atoms with Crippen molar-refractivity contribution in [2.24, 2.45) is 11.3 Å². The number of hydrogen-bond acceptors (Lipinski definition) is 2. The Labute approximate surface area is 106 Å². The van der Waals surface area contributed by atoms with Gasteiger partial charge in [-0.15, -0.1) is 0 Å². The fourth-order valence-corrected chi connectivity index (χ4v) is 3.88. The van der Waals surface area contributed by atoms with Crippen LogP contribution in [0.2, 0.25) is 0 Å². The summed E-state index contributed by atoms with van der Waals surface area (Å²) in [4.78, 5) is 2.70. The Morgan fingerprint density at radius 3 is 2.47 bits per heavy atom. The van der Waals surface area contributed by atoms with Crippen LogP contribution >= 0.6 is 0 Å². The fraction of sp³-hybridized carbons (Fsp3) is 1.00. The minimum absolute atomic E-state index is 0.159. The van der Waals surface area contributed by atoms with Crippen molar-refractivity contribution in [3.05, 3.63) is 0 Å². The van der Waals surface area contributed by atoms with Gasteiger partial charge in [0, 0.05) is 24.6 Å². The quantitative estimate of drug-likeness (QED) is 0.797. The monoisotopic (exact) mass is 239 g/mol. The third kappa shape index (κ3) is 2.68. The zero-order chi connectivity index (χ0) is 12.3. The van der Waals surface area contributed by atoms with Crippen LogP contribution in [0.5, 0.6) is 0 Å². The summed E-state index contributed by atoms with van der Waals surface area (Å²) in [6, 6.07) is 0.841. The second-order valence-corrected chi connectivity index (χ2v) is 6.24. The van der Waals surface area contributed by atoms with Crippen LogP contribution in [0.4, 0.5) is 0 Å². The highest BCUT2D eigenvalue weighted by Gasteiger charge is 2.39. The lowest BCUT2D eigenvalue weighted by Gasteiger charge is -2.39. The molecule has 0 aromatic rings. The van der Waals surface area contributed by atoms with Crippen LogP contribution in [-0.4, -0.2) is 35.7 Å². The molecular formula is C15H29NO. The summed E-state index contributed by atoms with van der Waals surface area (Å²) in [5, 5.41) is 9.71. The zero-order valence-corrected chi connectivity index (χ0v) is 11.6. The highest BCUT2D eigenvalue weighted by molar-refractivity contribution is 4.93. The van der Waals surface area contributed by atoms with Gasteiger partial charge < -0.3 is 5.11 Å². The van der Waals surface area contributed by atoms with Crippen molar-refractivity contribution in [2.45, 2.75) is 64.8 Å². The molecule has 0 bridgehead atoms. The Hall–Kier alpha value is -0.0800. The molecule has 2 aliphatic rings. The lowest BCUT2D eigenvalue weighted by Crippen LogP contribution is -2.43. The van der Waals surface area contributed by atoms with Gasteiger partial charge in [-0.25, -0.2) is 0 Å². The van der Waals surface area contributed by atoms with Crippen LogP contribution in [-0.2, 0) is 0 Å². The predicted octanol–water partition coefficient (Wildman–Crippen LogP) is 3.05. The Bertz CT molecular complexity index is 229. The standard InChI is InChI=1S/C15H29NO/c1-3-15(4-2,12-17)11-16-10-9-13-7-5-6-8-14(13)16/h13-14,17H,3-12H2,1-2H3. The van der Waals surface area contributed by atoms with E-state index in [0.29, 0.717) is 6.61 Å². The maximum absolute atomic E-state index is 9.71. The van der Waals surface area contributed by atoms with E-state index in [1.54, 1.807) is 0 Å².